The van der Waals surface area contributed by atoms with Gasteiger partial charge in [-0.15, -0.1) is 0 Å². The van der Waals surface area contributed by atoms with Gasteiger partial charge in [-0.3, -0.25) is 19.7 Å². The first-order valence-electron chi connectivity index (χ1n) is 6.21. The average Bonchev–Trinajstić information content (AvgIpc) is 2.43. The zero-order valence-corrected chi connectivity index (χ0v) is 12.8. The Morgan fingerprint density at radius 2 is 1.95 bits per heavy atom. The number of amides is 2. The van der Waals surface area contributed by atoms with E-state index in [2.05, 4.69) is 0 Å². The maximum Gasteiger partial charge on any atom is 0.270 e. The van der Waals surface area contributed by atoms with Gasteiger partial charge in [0.2, 0.25) is 5.91 Å². The monoisotopic (exact) mass is 313 g/mol. The number of non-ortho nitro benzene ring substituents is 1. The highest BCUT2D eigenvalue weighted by atomic mass is 35.5. The largest absolute Gasteiger partial charge is 0.347 e. The number of hydrogen-bond acceptors (Lipinski definition) is 4. The van der Waals surface area contributed by atoms with E-state index in [4.69, 9.17) is 11.6 Å². The van der Waals surface area contributed by atoms with Crippen LogP contribution >= 0.6 is 11.6 Å². The summed E-state index contributed by atoms with van der Waals surface area (Å²) in [5.74, 6) is -0.756. The van der Waals surface area contributed by atoms with Gasteiger partial charge in [0.05, 0.1) is 22.1 Å². The maximum absolute atomic E-state index is 12.4. The van der Waals surface area contributed by atoms with Crippen LogP contribution in [0.3, 0.4) is 0 Å². The third-order valence-corrected chi connectivity index (χ3v) is 3.21. The van der Waals surface area contributed by atoms with Gasteiger partial charge in [-0.25, -0.2) is 0 Å². The predicted octanol–water partition coefficient (Wildman–Crippen LogP) is 1.80. The van der Waals surface area contributed by atoms with Crippen LogP contribution in [0.2, 0.25) is 5.02 Å². The van der Waals surface area contributed by atoms with E-state index in [1.165, 1.54) is 21.9 Å². The molecule has 21 heavy (non-hydrogen) atoms. The van der Waals surface area contributed by atoms with Crippen LogP contribution in [0.15, 0.2) is 18.2 Å². The summed E-state index contributed by atoms with van der Waals surface area (Å²) < 4.78 is 0. The van der Waals surface area contributed by atoms with E-state index in [1.807, 2.05) is 0 Å². The molecule has 7 nitrogen and oxygen atoms in total. The lowest BCUT2D eigenvalue weighted by Crippen LogP contribution is -2.40. The van der Waals surface area contributed by atoms with Crippen molar-refractivity contribution < 1.29 is 14.5 Å². The summed E-state index contributed by atoms with van der Waals surface area (Å²) in [5, 5.41) is 10.9. The van der Waals surface area contributed by atoms with E-state index in [9.17, 15) is 19.7 Å². The summed E-state index contributed by atoms with van der Waals surface area (Å²) in [7, 11) is 3.17. The number of hydrogen-bond donors (Lipinski definition) is 0. The van der Waals surface area contributed by atoms with Gasteiger partial charge >= 0.3 is 0 Å². The van der Waals surface area contributed by atoms with Crippen LogP contribution in [0.4, 0.5) is 5.69 Å². The molecule has 2 amide bonds. The summed E-state index contributed by atoms with van der Waals surface area (Å²) in [5.41, 5.74) is -0.211. The van der Waals surface area contributed by atoms with Crippen molar-refractivity contribution in [2.75, 3.05) is 27.2 Å². The Balaban J connectivity index is 3.07. The lowest BCUT2D eigenvalue weighted by Gasteiger charge is -2.22. The summed E-state index contributed by atoms with van der Waals surface area (Å²) in [6.07, 6.45) is 0. The Kier molecular flexibility index (Phi) is 5.66. The number of benzene rings is 1. The van der Waals surface area contributed by atoms with Crippen LogP contribution in [-0.4, -0.2) is 53.7 Å². The van der Waals surface area contributed by atoms with E-state index >= 15 is 0 Å². The fraction of sp³-hybridized carbons (Fsp3) is 0.385. The number of likely N-dealkylation sites (N-methyl/N-ethyl adjacent to an activating group) is 2. The van der Waals surface area contributed by atoms with Crippen LogP contribution < -0.4 is 0 Å². The molecule has 0 aliphatic carbocycles. The topological polar surface area (TPSA) is 83.8 Å². The molecule has 1 rings (SSSR count). The van der Waals surface area contributed by atoms with Crippen molar-refractivity contribution in [1.29, 1.82) is 0 Å². The first-order valence-corrected chi connectivity index (χ1v) is 6.59. The second kappa shape index (κ2) is 7.03. The minimum atomic E-state index is -0.603. The highest BCUT2D eigenvalue weighted by molar-refractivity contribution is 6.34. The number of rotatable bonds is 5. The number of nitrogens with zero attached hydrogens (tertiary/aromatic N) is 3. The van der Waals surface area contributed by atoms with Gasteiger partial charge < -0.3 is 9.80 Å². The van der Waals surface area contributed by atoms with E-state index < -0.39 is 10.8 Å². The molecule has 0 saturated carbocycles. The highest BCUT2D eigenvalue weighted by Gasteiger charge is 2.22. The van der Waals surface area contributed by atoms with Gasteiger partial charge in [-0.2, -0.15) is 0 Å². The number of halogens is 1. The smallest absolute Gasteiger partial charge is 0.270 e. The van der Waals surface area contributed by atoms with Crippen molar-refractivity contribution in [3.63, 3.8) is 0 Å². The first-order chi connectivity index (χ1) is 9.77. The molecular weight excluding hydrogens is 298 g/mol. The van der Waals surface area contributed by atoms with Crippen LogP contribution in [0.1, 0.15) is 17.3 Å². The van der Waals surface area contributed by atoms with E-state index in [0.29, 0.717) is 0 Å². The SMILES string of the molecule is CCN(CC(=O)N(C)C)C(=O)c1cc([N+](=O)[O-])ccc1Cl. The summed E-state index contributed by atoms with van der Waals surface area (Å²) in [6, 6.07) is 3.64. The molecule has 1 aromatic carbocycles. The summed E-state index contributed by atoms with van der Waals surface area (Å²) in [6.45, 7) is 1.89. The molecule has 0 fully saturated rings. The van der Waals surface area contributed by atoms with E-state index in [1.54, 1.807) is 21.0 Å². The number of nitro groups is 1. The molecule has 0 saturated heterocycles. The Bertz CT molecular complexity index is 575. The molecule has 0 spiro atoms. The van der Waals surface area contributed by atoms with Gasteiger partial charge in [0.25, 0.3) is 11.6 Å². The minimum Gasteiger partial charge on any atom is -0.347 e. The molecule has 114 valence electrons. The fourth-order valence-electron chi connectivity index (χ4n) is 1.59. The van der Waals surface area contributed by atoms with Gasteiger partial charge in [0, 0.05) is 32.8 Å². The number of nitro benzene ring substituents is 1. The Morgan fingerprint density at radius 1 is 1.33 bits per heavy atom. The van der Waals surface area contributed by atoms with Gasteiger partial charge in [-0.05, 0) is 13.0 Å². The summed E-state index contributed by atoms with van der Waals surface area (Å²) >= 11 is 5.93. The molecule has 0 aromatic heterocycles. The normalized spacial score (nSPS) is 10.1. The first kappa shape index (κ1) is 16.9. The molecule has 0 atom stereocenters. The maximum atomic E-state index is 12.4. The Labute approximate surface area is 127 Å². The van der Waals surface area contributed by atoms with E-state index in [0.717, 1.165) is 6.07 Å². The van der Waals surface area contributed by atoms with Crippen LogP contribution in [-0.2, 0) is 4.79 Å². The second-order valence-corrected chi connectivity index (χ2v) is 4.94. The standard InChI is InChI=1S/C13H16ClN3O4/c1-4-16(8-12(18)15(2)3)13(19)10-7-9(17(20)21)5-6-11(10)14/h5-7H,4,8H2,1-3H3. The molecule has 0 aliphatic rings. The van der Waals surface area contributed by atoms with Crippen LogP contribution in [0.5, 0.6) is 0 Å². The average molecular weight is 314 g/mol. The summed E-state index contributed by atoms with van der Waals surface area (Å²) in [4.78, 5) is 36.9. The molecule has 0 radical (unpaired) electrons. The molecule has 0 aliphatic heterocycles. The molecule has 0 heterocycles. The zero-order valence-electron chi connectivity index (χ0n) is 12.0. The Morgan fingerprint density at radius 3 is 2.43 bits per heavy atom. The van der Waals surface area contributed by atoms with Crippen molar-refractivity contribution in [2.24, 2.45) is 0 Å². The molecule has 0 N–H and O–H groups in total. The lowest BCUT2D eigenvalue weighted by molar-refractivity contribution is -0.384. The van der Waals surface area contributed by atoms with E-state index in [-0.39, 0.29) is 35.3 Å². The van der Waals surface area contributed by atoms with Crippen molar-refractivity contribution in [3.8, 4) is 0 Å². The fourth-order valence-corrected chi connectivity index (χ4v) is 1.79. The molecular formula is C13H16ClN3O4. The third-order valence-electron chi connectivity index (χ3n) is 2.89. The molecule has 0 unspecified atom stereocenters. The van der Waals surface area contributed by atoms with Crippen LogP contribution in [0, 0.1) is 10.1 Å². The number of carbonyl (C=O) groups excluding carboxylic acids is 2. The quantitative estimate of drug-likeness (QED) is 0.613. The predicted molar refractivity (Wildman–Crippen MR) is 78.4 cm³/mol. The third kappa shape index (κ3) is 4.16. The zero-order chi connectivity index (χ0) is 16.2. The Hall–Kier alpha value is -2.15. The van der Waals surface area contributed by atoms with Crippen molar-refractivity contribution in [1.82, 2.24) is 9.80 Å². The molecule has 0 bridgehead atoms. The van der Waals surface area contributed by atoms with Crippen molar-refractivity contribution in [3.05, 3.63) is 38.9 Å². The van der Waals surface area contributed by atoms with Gasteiger partial charge in [-0.1, -0.05) is 11.6 Å². The molecule has 1 aromatic rings. The van der Waals surface area contributed by atoms with Crippen molar-refractivity contribution >= 4 is 29.1 Å². The molecule has 8 heteroatoms. The lowest BCUT2D eigenvalue weighted by atomic mass is 10.1. The van der Waals surface area contributed by atoms with Gasteiger partial charge in [0.1, 0.15) is 0 Å². The van der Waals surface area contributed by atoms with Gasteiger partial charge in [0.15, 0.2) is 0 Å². The number of carbonyl (C=O) groups is 2. The minimum absolute atomic E-state index is 0.0132. The van der Waals surface area contributed by atoms with Crippen LogP contribution in [0.25, 0.3) is 0 Å². The van der Waals surface area contributed by atoms with Crippen molar-refractivity contribution in [2.45, 2.75) is 6.92 Å². The highest BCUT2D eigenvalue weighted by Crippen LogP contribution is 2.23. The second-order valence-electron chi connectivity index (χ2n) is 4.53.